The molecule has 0 radical (unpaired) electrons. The van der Waals surface area contributed by atoms with Crippen LogP contribution in [0.1, 0.15) is 40.5 Å². The molecule has 174 valence electrons. The fraction of sp³-hybridized carbons (Fsp3) is 0.240. The monoisotopic (exact) mass is 466 g/mol. The van der Waals surface area contributed by atoms with Crippen LogP contribution < -0.4 is 4.74 Å². The fourth-order valence-electron chi connectivity index (χ4n) is 4.23. The van der Waals surface area contributed by atoms with Gasteiger partial charge in [0.2, 0.25) is 0 Å². The van der Waals surface area contributed by atoms with Crippen molar-refractivity contribution in [3.63, 3.8) is 0 Å². The van der Waals surface area contributed by atoms with E-state index in [0.29, 0.717) is 54.5 Å². The quantitative estimate of drug-likeness (QED) is 0.395. The van der Waals surface area contributed by atoms with Gasteiger partial charge in [-0.3, -0.25) is 9.20 Å². The summed E-state index contributed by atoms with van der Waals surface area (Å²) < 4.78 is 46.8. The van der Waals surface area contributed by atoms with E-state index in [0.717, 1.165) is 12.3 Å². The van der Waals surface area contributed by atoms with Crippen molar-refractivity contribution in [1.29, 1.82) is 0 Å². The smallest absolute Gasteiger partial charge is 0.417 e. The number of halogens is 3. The molecule has 4 aromatic rings. The van der Waals surface area contributed by atoms with Crippen molar-refractivity contribution in [3.8, 4) is 11.5 Å². The third kappa shape index (κ3) is 4.46. The largest absolute Gasteiger partial charge is 0.457 e. The summed E-state index contributed by atoms with van der Waals surface area (Å²) in [5, 5.41) is 8.18. The minimum Gasteiger partial charge on any atom is -0.457 e. The number of aromatic nitrogens is 3. The van der Waals surface area contributed by atoms with Crippen molar-refractivity contribution in [1.82, 2.24) is 19.5 Å². The number of piperidine rings is 1. The standard InChI is InChI=1S/C25H21F3N4O2/c26-25(27,28)19-11-12-22-29-30-23(32(22)16-19)18-7-5-13-31(15-18)24(33)17-6-4-10-21(14-17)34-20-8-2-1-3-9-20/h1-4,6,8-12,14,16,18H,5,7,13,15H2/t18-/m1/s1. The summed E-state index contributed by atoms with van der Waals surface area (Å²) in [6.07, 6.45) is -2.02. The predicted octanol–water partition coefficient (Wildman–Crippen LogP) is 5.56. The average Bonchev–Trinajstić information content (AvgIpc) is 3.27. The Morgan fingerprint density at radius 1 is 0.971 bits per heavy atom. The minimum absolute atomic E-state index is 0.159. The van der Waals surface area contributed by atoms with E-state index in [1.54, 1.807) is 29.2 Å². The number of pyridine rings is 1. The molecule has 5 rings (SSSR count). The summed E-state index contributed by atoms with van der Waals surface area (Å²) in [6.45, 7) is 0.906. The number of ether oxygens (including phenoxy) is 1. The average molecular weight is 466 g/mol. The zero-order valence-corrected chi connectivity index (χ0v) is 18.1. The number of benzene rings is 2. The topological polar surface area (TPSA) is 59.7 Å². The highest BCUT2D eigenvalue weighted by molar-refractivity contribution is 5.94. The fourth-order valence-corrected chi connectivity index (χ4v) is 4.23. The van der Waals surface area contributed by atoms with Crippen molar-refractivity contribution >= 4 is 11.6 Å². The summed E-state index contributed by atoms with van der Waals surface area (Å²) in [5.74, 6) is 1.27. The van der Waals surface area contributed by atoms with Gasteiger partial charge in [0.25, 0.3) is 5.91 Å². The molecule has 0 unspecified atom stereocenters. The summed E-state index contributed by atoms with van der Waals surface area (Å²) in [6, 6.07) is 18.6. The molecule has 0 bridgehead atoms. The number of rotatable bonds is 4. The summed E-state index contributed by atoms with van der Waals surface area (Å²) >= 11 is 0. The molecule has 0 N–H and O–H groups in total. The molecule has 1 atom stereocenters. The molecule has 1 aliphatic heterocycles. The van der Waals surface area contributed by atoms with E-state index in [9.17, 15) is 18.0 Å². The van der Waals surface area contributed by atoms with Crippen LogP contribution in [-0.2, 0) is 6.18 Å². The van der Waals surface area contributed by atoms with Crippen LogP contribution in [0.4, 0.5) is 13.2 Å². The molecule has 2 aromatic heterocycles. The summed E-state index contributed by atoms with van der Waals surface area (Å²) in [4.78, 5) is 15.0. The second kappa shape index (κ2) is 8.81. The lowest BCUT2D eigenvalue weighted by Crippen LogP contribution is -2.39. The van der Waals surface area contributed by atoms with Crippen LogP contribution in [0, 0.1) is 0 Å². The van der Waals surface area contributed by atoms with Crippen molar-refractivity contribution < 1.29 is 22.7 Å². The Morgan fingerprint density at radius 3 is 2.56 bits per heavy atom. The molecular formula is C25H21F3N4O2. The maximum Gasteiger partial charge on any atom is 0.417 e. The number of alkyl halides is 3. The molecule has 0 saturated carbocycles. The minimum atomic E-state index is -4.46. The van der Waals surface area contributed by atoms with Gasteiger partial charge in [0.05, 0.1) is 5.56 Å². The van der Waals surface area contributed by atoms with E-state index in [1.807, 2.05) is 30.3 Å². The van der Waals surface area contributed by atoms with Gasteiger partial charge in [0.1, 0.15) is 17.3 Å². The van der Waals surface area contributed by atoms with Crippen LogP contribution in [0.3, 0.4) is 0 Å². The Morgan fingerprint density at radius 2 is 1.76 bits per heavy atom. The molecule has 1 aliphatic rings. The SMILES string of the molecule is O=C(c1cccc(Oc2ccccc2)c1)N1CCC[C@@H](c2nnc3ccc(C(F)(F)F)cn23)C1. The van der Waals surface area contributed by atoms with E-state index >= 15 is 0 Å². The van der Waals surface area contributed by atoms with E-state index in [1.165, 1.54) is 10.5 Å². The highest BCUT2D eigenvalue weighted by atomic mass is 19.4. The Hall–Kier alpha value is -3.88. The first kappa shape index (κ1) is 21.9. The first-order valence-corrected chi connectivity index (χ1v) is 10.9. The van der Waals surface area contributed by atoms with Crippen LogP contribution in [0.2, 0.25) is 0 Å². The van der Waals surface area contributed by atoms with Crippen molar-refractivity contribution in [2.75, 3.05) is 13.1 Å². The van der Waals surface area contributed by atoms with Gasteiger partial charge in [-0.05, 0) is 55.3 Å². The molecule has 1 saturated heterocycles. The Kier molecular flexibility index (Phi) is 5.69. The summed E-state index contributed by atoms with van der Waals surface area (Å²) in [7, 11) is 0. The number of carbonyl (C=O) groups is 1. The summed E-state index contributed by atoms with van der Waals surface area (Å²) in [5.41, 5.74) is 0.0665. The zero-order chi connectivity index (χ0) is 23.7. The van der Waals surface area contributed by atoms with Crippen molar-refractivity contribution in [3.05, 3.63) is 89.9 Å². The lowest BCUT2D eigenvalue weighted by Gasteiger charge is -2.32. The number of para-hydroxylation sites is 1. The number of fused-ring (bicyclic) bond motifs is 1. The highest BCUT2D eigenvalue weighted by Crippen LogP contribution is 2.32. The van der Waals surface area contributed by atoms with Gasteiger partial charge in [-0.1, -0.05) is 24.3 Å². The first-order valence-electron chi connectivity index (χ1n) is 10.9. The molecule has 2 aromatic carbocycles. The van der Waals surface area contributed by atoms with Crippen LogP contribution in [0.25, 0.3) is 5.65 Å². The number of hydrogen-bond acceptors (Lipinski definition) is 4. The normalized spacial score (nSPS) is 16.6. The number of hydrogen-bond donors (Lipinski definition) is 0. The first-order chi connectivity index (χ1) is 16.4. The molecule has 3 heterocycles. The molecule has 6 nitrogen and oxygen atoms in total. The van der Waals surface area contributed by atoms with Gasteiger partial charge in [0.15, 0.2) is 5.65 Å². The molecule has 1 amide bonds. The molecular weight excluding hydrogens is 445 g/mol. The Labute approximate surface area is 193 Å². The van der Waals surface area contributed by atoms with Gasteiger partial charge < -0.3 is 9.64 Å². The Balaban J connectivity index is 1.36. The lowest BCUT2D eigenvalue weighted by atomic mass is 9.96. The number of amides is 1. The van der Waals surface area contributed by atoms with Crippen LogP contribution >= 0.6 is 0 Å². The van der Waals surface area contributed by atoms with E-state index in [-0.39, 0.29) is 11.8 Å². The number of nitrogens with zero attached hydrogens (tertiary/aromatic N) is 4. The second-order valence-corrected chi connectivity index (χ2v) is 8.24. The van der Waals surface area contributed by atoms with Gasteiger partial charge in [-0.25, -0.2) is 0 Å². The lowest BCUT2D eigenvalue weighted by molar-refractivity contribution is -0.137. The molecule has 1 fully saturated rings. The van der Waals surface area contributed by atoms with Gasteiger partial charge in [-0.2, -0.15) is 13.2 Å². The van der Waals surface area contributed by atoms with Gasteiger partial charge >= 0.3 is 6.18 Å². The zero-order valence-electron chi connectivity index (χ0n) is 18.1. The third-order valence-corrected chi connectivity index (χ3v) is 5.89. The second-order valence-electron chi connectivity index (χ2n) is 8.24. The van der Waals surface area contributed by atoms with Crippen molar-refractivity contribution in [2.24, 2.45) is 0 Å². The van der Waals surface area contributed by atoms with E-state index < -0.39 is 11.7 Å². The molecule has 9 heteroatoms. The number of carbonyl (C=O) groups excluding carboxylic acids is 1. The highest BCUT2D eigenvalue weighted by Gasteiger charge is 2.33. The Bertz CT molecular complexity index is 1320. The molecule has 34 heavy (non-hydrogen) atoms. The van der Waals surface area contributed by atoms with E-state index in [4.69, 9.17) is 4.74 Å². The number of likely N-dealkylation sites (tertiary alicyclic amines) is 1. The molecule has 0 spiro atoms. The van der Waals surface area contributed by atoms with Gasteiger partial charge in [0, 0.05) is 30.8 Å². The van der Waals surface area contributed by atoms with E-state index in [2.05, 4.69) is 10.2 Å². The maximum absolute atomic E-state index is 13.2. The maximum atomic E-state index is 13.2. The van der Waals surface area contributed by atoms with Gasteiger partial charge in [-0.15, -0.1) is 10.2 Å². The van der Waals surface area contributed by atoms with Crippen molar-refractivity contribution in [2.45, 2.75) is 24.9 Å². The van der Waals surface area contributed by atoms with Crippen LogP contribution in [-0.4, -0.2) is 38.5 Å². The molecule has 0 aliphatic carbocycles. The third-order valence-electron chi connectivity index (χ3n) is 5.89. The predicted molar refractivity (Wildman–Crippen MR) is 119 cm³/mol. The van der Waals surface area contributed by atoms with Crippen LogP contribution in [0.5, 0.6) is 11.5 Å². The van der Waals surface area contributed by atoms with Crippen LogP contribution in [0.15, 0.2) is 72.9 Å².